The van der Waals surface area contributed by atoms with E-state index < -0.39 is 0 Å². The van der Waals surface area contributed by atoms with Gasteiger partial charge < -0.3 is 5.32 Å². The zero-order valence-corrected chi connectivity index (χ0v) is 7.91. The number of halogens is 1. The van der Waals surface area contributed by atoms with E-state index in [9.17, 15) is 0 Å². The Morgan fingerprint density at radius 1 is 1.18 bits per heavy atom. The summed E-state index contributed by atoms with van der Waals surface area (Å²) in [5, 5.41) is 3.34. The van der Waals surface area contributed by atoms with Crippen LogP contribution in [-0.4, -0.2) is 36.6 Å². The molecule has 0 bridgehead atoms. The molecule has 2 heterocycles. The molecule has 2 saturated heterocycles. The highest BCUT2D eigenvalue weighted by atomic mass is 35.5. The fourth-order valence-corrected chi connectivity index (χ4v) is 1.97. The smallest absolute Gasteiger partial charge is 0.0429 e. The lowest BCUT2D eigenvalue weighted by Crippen LogP contribution is -2.66. The van der Waals surface area contributed by atoms with Crippen molar-refractivity contribution in [2.24, 2.45) is 0 Å². The first-order chi connectivity index (χ1) is 4.81. The highest BCUT2D eigenvalue weighted by molar-refractivity contribution is 5.85. The number of nitrogens with zero attached hydrogens (tertiary/aromatic N) is 1. The molecule has 1 N–H and O–H groups in total. The van der Waals surface area contributed by atoms with Crippen LogP contribution in [0.5, 0.6) is 0 Å². The number of hydrogen-bond acceptors (Lipinski definition) is 2. The van der Waals surface area contributed by atoms with Crippen LogP contribution in [0.1, 0.15) is 19.8 Å². The van der Waals surface area contributed by atoms with Crippen LogP contribution in [0.3, 0.4) is 0 Å². The number of likely N-dealkylation sites (tertiary alicyclic amines) is 1. The zero-order valence-electron chi connectivity index (χ0n) is 7.10. The maximum absolute atomic E-state index is 3.34. The van der Waals surface area contributed by atoms with Crippen molar-refractivity contribution in [3.05, 3.63) is 0 Å². The van der Waals surface area contributed by atoms with Crippen molar-refractivity contribution in [2.75, 3.05) is 26.2 Å². The Labute approximate surface area is 74.7 Å². The molecule has 2 fully saturated rings. The summed E-state index contributed by atoms with van der Waals surface area (Å²) in [4.78, 5) is 2.63. The molecule has 0 atom stereocenters. The van der Waals surface area contributed by atoms with Crippen LogP contribution in [0.25, 0.3) is 0 Å². The Morgan fingerprint density at radius 2 is 1.73 bits per heavy atom. The van der Waals surface area contributed by atoms with Crippen molar-refractivity contribution < 1.29 is 0 Å². The van der Waals surface area contributed by atoms with E-state index in [0.29, 0.717) is 5.54 Å². The summed E-state index contributed by atoms with van der Waals surface area (Å²) in [6.45, 7) is 7.44. The minimum absolute atomic E-state index is 0. The molecule has 0 amide bonds. The van der Waals surface area contributed by atoms with Crippen LogP contribution in [-0.2, 0) is 0 Å². The van der Waals surface area contributed by atoms with Crippen LogP contribution in [0.2, 0.25) is 0 Å². The standard InChI is InChI=1S/C8H16N2.ClH/c1-8(6-9-7-8)10-4-2-3-5-10;/h9H,2-7H2,1H3;1H. The van der Waals surface area contributed by atoms with Crippen LogP contribution in [0.4, 0.5) is 0 Å². The van der Waals surface area contributed by atoms with Crippen LogP contribution in [0.15, 0.2) is 0 Å². The van der Waals surface area contributed by atoms with Crippen molar-refractivity contribution in [3.8, 4) is 0 Å². The molecule has 0 aliphatic carbocycles. The molecule has 11 heavy (non-hydrogen) atoms. The van der Waals surface area contributed by atoms with Gasteiger partial charge in [-0.2, -0.15) is 0 Å². The van der Waals surface area contributed by atoms with Crippen molar-refractivity contribution in [1.82, 2.24) is 10.2 Å². The van der Waals surface area contributed by atoms with E-state index in [1.807, 2.05) is 0 Å². The number of rotatable bonds is 1. The second-order valence-corrected chi connectivity index (χ2v) is 3.79. The molecular weight excluding hydrogens is 160 g/mol. The van der Waals surface area contributed by atoms with E-state index in [0.717, 1.165) is 0 Å². The van der Waals surface area contributed by atoms with Crippen molar-refractivity contribution in [3.63, 3.8) is 0 Å². The SMILES string of the molecule is CC1(N2CCCC2)CNC1.Cl. The third-order valence-electron chi connectivity index (χ3n) is 2.88. The van der Waals surface area contributed by atoms with Crippen molar-refractivity contribution in [1.29, 1.82) is 0 Å². The minimum atomic E-state index is 0. The molecule has 0 spiro atoms. The third-order valence-corrected chi connectivity index (χ3v) is 2.88. The van der Waals surface area contributed by atoms with E-state index in [-0.39, 0.29) is 12.4 Å². The molecule has 2 aliphatic heterocycles. The fraction of sp³-hybridized carbons (Fsp3) is 1.00. The number of hydrogen-bond donors (Lipinski definition) is 1. The Bertz CT molecular complexity index is 128. The summed E-state index contributed by atoms with van der Waals surface area (Å²) in [5.74, 6) is 0. The van der Waals surface area contributed by atoms with Gasteiger partial charge in [0.2, 0.25) is 0 Å². The maximum Gasteiger partial charge on any atom is 0.0429 e. The van der Waals surface area contributed by atoms with Crippen LogP contribution < -0.4 is 5.32 Å². The topological polar surface area (TPSA) is 15.3 Å². The monoisotopic (exact) mass is 176 g/mol. The summed E-state index contributed by atoms with van der Waals surface area (Å²) >= 11 is 0. The predicted octanol–water partition coefficient (Wildman–Crippen LogP) is 0.866. The van der Waals surface area contributed by atoms with Gasteiger partial charge in [-0.3, -0.25) is 4.90 Å². The quantitative estimate of drug-likeness (QED) is 0.638. The highest BCUT2D eigenvalue weighted by Crippen LogP contribution is 2.24. The van der Waals surface area contributed by atoms with E-state index in [4.69, 9.17) is 0 Å². The molecule has 0 unspecified atom stereocenters. The van der Waals surface area contributed by atoms with Crippen molar-refractivity contribution in [2.45, 2.75) is 25.3 Å². The molecule has 66 valence electrons. The second kappa shape index (κ2) is 3.30. The first kappa shape index (κ1) is 9.30. The first-order valence-electron chi connectivity index (χ1n) is 4.27. The minimum Gasteiger partial charge on any atom is -0.313 e. The Hall–Kier alpha value is 0.210. The lowest BCUT2D eigenvalue weighted by Gasteiger charge is -2.46. The first-order valence-corrected chi connectivity index (χ1v) is 4.27. The van der Waals surface area contributed by atoms with Gasteiger partial charge in [0.15, 0.2) is 0 Å². The molecule has 0 aromatic rings. The van der Waals surface area contributed by atoms with Crippen LogP contribution in [0, 0.1) is 0 Å². The molecule has 3 heteroatoms. The zero-order chi connectivity index (χ0) is 7.03. The number of nitrogens with one attached hydrogen (secondary N) is 1. The summed E-state index contributed by atoms with van der Waals surface area (Å²) < 4.78 is 0. The third kappa shape index (κ3) is 1.53. The van der Waals surface area contributed by atoms with Gasteiger partial charge in [0, 0.05) is 18.6 Å². The van der Waals surface area contributed by atoms with E-state index in [1.54, 1.807) is 0 Å². The largest absolute Gasteiger partial charge is 0.313 e. The van der Waals surface area contributed by atoms with Crippen molar-refractivity contribution >= 4 is 12.4 Å². The average molecular weight is 177 g/mol. The van der Waals surface area contributed by atoms with Gasteiger partial charge in [0.05, 0.1) is 0 Å². The Kier molecular flexibility index (Phi) is 2.79. The molecule has 2 aliphatic rings. The van der Waals surface area contributed by atoms with Gasteiger partial charge in [-0.05, 0) is 32.9 Å². The lowest BCUT2D eigenvalue weighted by atomic mass is 9.93. The fourth-order valence-electron chi connectivity index (χ4n) is 1.97. The molecular formula is C8H17ClN2. The normalized spacial score (nSPS) is 29.2. The van der Waals surface area contributed by atoms with E-state index >= 15 is 0 Å². The Morgan fingerprint density at radius 3 is 2.09 bits per heavy atom. The average Bonchev–Trinajstić information content (AvgIpc) is 2.33. The van der Waals surface area contributed by atoms with Gasteiger partial charge in [0.1, 0.15) is 0 Å². The summed E-state index contributed by atoms with van der Waals surface area (Å²) in [7, 11) is 0. The van der Waals surface area contributed by atoms with E-state index in [1.165, 1.54) is 39.0 Å². The van der Waals surface area contributed by atoms with Gasteiger partial charge in [-0.15, -0.1) is 12.4 Å². The highest BCUT2D eigenvalue weighted by Gasteiger charge is 2.38. The van der Waals surface area contributed by atoms with Gasteiger partial charge in [-0.1, -0.05) is 0 Å². The molecule has 0 saturated carbocycles. The van der Waals surface area contributed by atoms with Crippen LogP contribution >= 0.6 is 12.4 Å². The molecule has 2 rings (SSSR count). The van der Waals surface area contributed by atoms with Gasteiger partial charge in [0.25, 0.3) is 0 Å². The Balaban J connectivity index is 0.000000605. The molecule has 0 aromatic heterocycles. The van der Waals surface area contributed by atoms with E-state index in [2.05, 4.69) is 17.1 Å². The maximum atomic E-state index is 3.34. The molecule has 2 nitrogen and oxygen atoms in total. The van der Waals surface area contributed by atoms with Gasteiger partial charge >= 0.3 is 0 Å². The van der Waals surface area contributed by atoms with Gasteiger partial charge in [-0.25, -0.2) is 0 Å². The molecule has 0 aromatic carbocycles. The summed E-state index contributed by atoms with van der Waals surface area (Å²) in [6, 6.07) is 0. The molecule has 0 radical (unpaired) electrons. The summed E-state index contributed by atoms with van der Waals surface area (Å²) in [5.41, 5.74) is 0.524. The second-order valence-electron chi connectivity index (χ2n) is 3.79. The lowest BCUT2D eigenvalue weighted by molar-refractivity contribution is 0.0776. The predicted molar refractivity (Wildman–Crippen MR) is 49.3 cm³/mol. The summed E-state index contributed by atoms with van der Waals surface area (Å²) in [6.07, 6.45) is 2.82.